The van der Waals surface area contributed by atoms with Gasteiger partial charge in [0.2, 0.25) is 6.71 Å². The van der Waals surface area contributed by atoms with Crippen LogP contribution in [0.4, 0.5) is 28.4 Å². The first-order valence-corrected chi connectivity index (χ1v) is 12.0. The number of hydrogen-bond donors (Lipinski definition) is 0. The van der Waals surface area contributed by atoms with E-state index in [9.17, 15) is 0 Å². The van der Waals surface area contributed by atoms with E-state index in [1.165, 1.54) is 61.6 Å². The highest BCUT2D eigenvalue weighted by atomic mass is 15.2. The molecular formula is C31H21BN2. The average Bonchev–Trinajstić information content (AvgIpc) is 3.15. The van der Waals surface area contributed by atoms with Crippen LogP contribution in [0.2, 0.25) is 0 Å². The van der Waals surface area contributed by atoms with Crippen molar-refractivity contribution in [2.75, 3.05) is 16.2 Å². The van der Waals surface area contributed by atoms with Crippen LogP contribution >= 0.6 is 0 Å². The summed E-state index contributed by atoms with van der Waals surface area (Å²) >= 11 is 0. The van der Waals surface area contributed by atoms with Crippen molar-refractivity contribution in [3.8, 4) is 22.3 Å². The fourth-order valence-electron chi connectivity index (χ4n) is 6.39. The maximum Gasteiger partial charge on any atom is 0.237 e. The molecule has 8 rings (SSSR count). The molecule has 2 bridgehead atoms. The summed E-state index contributed by atoms with van der Waals surface area (Å²) in [6, 6.07) is 42.3. The Morgan fingerprint density at radius 1 is 0.441 bits per heavy atom. The van der Waals surface area contributed by atoms with E-state index in [4.69, 9.17) is 0 Å². The first-order chi connectivity index (χ1) is 16.9. The van der Waals surface area contributed by atoms with E-state index in [0.29, 0.717) is 0 Å². The molecule has 0 aromatic heterocycles. The van der Waals surface area contributed by atoms with Gasteiger partial charge in [-0.15, -0.1) is 0 Å². The van der Waals surface area contributed by atoms with Crippen LogP contribution in [-0.2, 0) is 0 Å². The van der Waals surface area contributed by atoms with Crippen LogP contribution in [0.15, 0.2) is 115 Å². The lowest BCUT2D eigenvalue weighted by molar-refractivity contribution is 1.16. The summed E-state index contributed by atoms with van der Waals surface area (Å²) in [5.41, 5.74) is 14.6. The fourth-order valence-corrected chi connectivity index (χ4v) is 6.39. The molecular weight excluding hydrogens is 411 g/mol. The van der Waals surface area contributed by atoms with E-state index < -0.39 is 0 Å². The maximum absolute atomic E-state index is 2.56. The minimum atomic E-state index is 0.289. The second-order valence-electron chi connectivity index (χ2n) is 9.35. The molecule has 3 aliphatic heterocycles. The van der Waals surface area contributed by atoms with Gasteiger partial charge in [-0.25, -0.2) is 0 Å². The van der Waals surface area contributed by atoms with E-state index in [0.717, 1.165) is 6.44 Å². The molecule has 0 fully saturated rings. The molecule has 5 aromatic rings. The van der Waals surface area contributed by atoms with Crippen LogP contribution < -0.4 is 20.7 Å². The molecule has 2 nitrogen and oxygen atoms in total. The van der Waals surface area contributed by atoms with Crippen LogP contribution in [-0.4, -0.2) is 13.2 Å². The lowest BCUT2D eigenvalue weighted by atomic mass is 9.37. The molecule has 34 heavy (non-hydrogen) atoms. The molecule has 0 unspecified atom stereocenters. The Labute approximate surface area is 199 Å². The van der Waals surface area contributed by atoms with Crippen molar-refractivity contribution in [2.24, 2.45) is 0 Å². The zero-order valence-corrected chi connectivity index (χ0v) is 18.6. The van der Waals surface area contributed by atoms with E-state index in [1.807, 2.05) is 0 Å². The largest absolute Gasteiger partial charge is 0.347 e. The molecule has 3 heteroatoms. The topological polar surface area (TPSA) is 6.48 Å². The lowest BCUT2D eigenvalue weighted by Crippen LogP contribution is -2.55. The minimum Gasteiger partial charge on any atom is -0.347 e. The molecule has 0 N–H and O–H groups in total. The lowest BCUT2D eigenvalue weighted by Gasteiger charge is -2.38. The van der Waals surface area contributed by atoms with Crippen LogP contribution in [0.5, 0.6) is 0 Å². The number of fused-ring (bicyclic) bond motifs is 7. The summed E-state index contributed by atoms with van der Waals surface area (Å²) in [4.78, 5) is 5.03. The van der Waals surface area contributed by atoms with E-state index in [1.54, 1.807) is 0 Å². The Hall–Kier alpha value is -4.24. The number of para-hydroxylation sites is 3. The van der Waals surface area contributed by atoms with Crippen molar-refractivity contribution in [2.45, 2.75) is 0 Å². The highest BCUT2D eigenvalue weighted by Gasteiger charge is 2.43. The van der Waals surface area contributed by atoms with Gasteiger partial charge in [0.05, 0.1) is 0 Å². The van der Waals surface area contributed by atoms with Gasteiger partial charge in [-0.05, 0) is 58.5 Å². The van der Waals surface area contributed by atoms with Crippen molar-refractivity contribution in [1.82, 2.24) is 0 Å². The summed E-state index contributed by atoms with van der Waals surface area (Å²) in [5, 5.41) is 0. The van der Waals surface area contributed by atoms with Gasteiger partial charge >= 0.3 is 0 Å². The smallest absolute Gasteiger partial charge is 0.237 e. The predicted molar refractivity (Wildman–Crippen MR) is 144 cm³/mol. The van der Waals surface area contributed by atoms with Crippen LogP contribution in [0.25, 0.3) is 22.3 Å². The van der Waals surface area contributed by atoms with Gasteiger partial charge in [0.15, 0.2) is 0 Å². The summed E-state index contributed by atoms with van der Waals surface area (Å²) < 4.78 is 0. The van der Waals surface area contributed by atoms with Crippen molar-refractivity contribution < 1.29 is 0 Å². The van der Waals surface area contributed by atoms with Gasteiger partial charge in [0, 0.05) is 46.0 Å². The second-order valence-corrected chi connectivity index (χ2v) is 9.35. The standard InChI is InChI=1S/C31H21BN2/c1-2-10-21(11-3-1)34-28-18-8-14-24-22-12-4-6-16-26(22)33-20-32(30(24)28)31-25(15-9-19-29(31)34)23-13-5-7-17-27(23)33/h1-19H,20H2. The number of rotatable bonds is 1. The third-order valence-electron chi connectivity index (χ3n) is 7.69. The molecule has 158 valence electrons. The second kappa shape index (κ2) is 6.65. The van der Waals surface area contributed by atoms with Crippen LogP contribution in [0, 0.1) is 0 Å². The van der Waals surface area contributed by atoms with Gasteiger partial charge in [-0.2, -0.15) is 0 Å². The van der Waals surface area contributed by atoms with Gasteiger partial charge in [-0.1, -0.05) is 78.9 Å². The maximum atomic E-state index is 2.56. The molecule has 0 saturated heterocycles. The summed E-state index contributed by atoms with van der Waals surface area (Å²) in [5.74, 6) is 0. The van der Waals surface area contributed by atoms with Crippen molar-refractivity contribution in [1.29, 1.82) is 0 Å². The van der Waals surface area contributed by atoms with Crippen LogP contribution in [0.3, 0.4) is 0 Å². The van der Waals surface area contributed by atoms with Gasteiger partial charge in [0.25, 0.3) is 0 Å². The van der Waals surface area contributed by atoms with Crippen molar-refractivity contribution in [3.63, 3.8) is 0 Å². The predicted octanol–water partition coefficient (Wildman–Crippen LogP) is 6.42. The van der Waals surface area contributed by atoms with E-state index >= 15 is 0 Å². The first-order valence-electron chi connectivity index (χ1n) is 12.0. The number of nitrogens with zero attached hydrogens (tertiary/aromatic N) is 2. The monoisotopic (exact) mass is 432 g/mol. The molecule has 0 amide bonds. The Bertz CT molecular complexity index is 1510. The number of hydrogen-bond acceptors (Lipinski definition) is 2. The molecule has 3 aliphatic rings. The Morgan fingerprint density at radius 3 is 1.50 bits per heavy atom. The third kappa shape index (κ3) is 2.26. The minimum absolute atomic E-state index is 0.289. The average molecular weight is 432 g/mol. The van der Waals surface area contributed by atoms with Gasteiger partial charge in [0.1, 0.15) is 0 Å². The molecule has 5 aromatic carbocycles. The Balaban J connectivity index is 1.58. The van der Waals surface area contributed by atoms with Gasteiger partial charge < -0.3 is 9.80 Å². The number of anilines is 5. The third-order valence-corrected chi connectivity index (χ3v) is 7.69. The summed E-state index contributed by atoms with van der Waals surface area (Å²) in [6.07, 6.45) is 0.935. The molecule has 0 saturated carbocycles. The van der Waals surface area contributed by atoms with Crippen molar-refractivity contribution >= 4 is 46.1 Å². The SMILES string of the molecule is c1ccc(N2c3cccc4c3B3CN(c5ccccc5-4)c4ccccc4-c4cccc2c43)cc1. The van der Waals surface area contributed by atoms with Crippen LogP contribution in [0.1, 0.15) is 0 Å². The summed E-state index contributed by atoms with van der Waals surface area (Å²) in [7, 11) is 0. The Kier molecular flexibility index (Phi) is 3.56. The molecule has 0 aliphatic carbocycles. The molecule has 0 spiro atoms. The quantitative estimate of drug-likeness (QED) is 0.282. The molecule has 3 heterocycles. The molecule has 0 radical (unpaired) electrons. The van der Waals surface area contributed by atoms with Crippen molar-refractivity contribution in [3.05, 3.63) is 115 Å². The highest BCUT2D eigenvalue weighted by molar-refractivity contribution is 6.91. The zero-order chi connectivity index (χ0) is 22.2. The zero-order valence-electron chi connectivity index (χ0n) is 18.6. The normalized spacial score (nSPS) is 14.2. The molecule has 0 atom stereocenters. The fraction of sp³-hybridized carbons (Fsp3) is 0.0323. The Morgan fingerprint density at radius 2 is 0.912 bits per heavy atom. The highest BCUT2D eigenvalue weighted by Crippen LogP contribution is 2.47. The number of benzene rings is 5. The van der Waals surface area contributed by atoms with E-state index in [2.05, 4.69) is 125 Å². The summed E-state index contributed by atoms with van der Waals surface area (Å²) in [6.45, 7) is 0.289. The first kappa shape index (κ1) is 18.2. The van der Waals surface area contributed by atoms with E-state index in [-0.39, 0.29) is 6.71 Å². The van der Waals surface area contributed by atoms with Gasteiger partial charge in [-0.3, -0.25) is 0 Å².